The number of carbonyl (C=O) groups is 1. The van der Waals surface area contributed by atoms with Gasteiger partial charge in [0.05, 0.1) is 5.69 Å². The number of anilines is 1. The molecule has 0 radical (unpaired) electrons. The number of halogens is 2. The zero-order chi connectivity index (χ0) is 21.5. The number of hydrogen-bond donors (Lipinski definition) is 1. The molecular formula is C24H18ClFN2O2. The molecule has 0 atom stereocenters. The molecule has 0 aromatic heterocycles. The van der Waals surface area contributed by atoms with Crippen molar-refractivity contribution in [3.63, 3.8) is 0 Å². The molecule has 3 aromatic carbocycles. The summed E-state index contributed by atoms with van der Waals surface area (Å²) >= 11 is 6.09. The Hall–Kier alpha value is -3.62. The Kier molecular flexibility index (Phi) is 6.84. The zero-order valence-corrected chi connectivity index (χ0v) is 16.9. The molecular weight excluding hydrogens is 403 g/mol. The number of nitriles is 1. The van der Waals surface area contributed by atoms with Crippen LogP contribution in [0.15, 0.2) is 72.3 Å². The number of aryl methyl sites for hydroxylation is 1. The Balaban J connectivity index is 1.84. The van der Waals surface area contributed by atoms with E-state index in [1.165, 1.54) is 24.3 Å². The molecule has 0 saturated carbocycles. The van der Waals surface area contributed by atoms with Crippen LogP contribution in [0.3, 0.4) is 0 Å². The number of amides is 1. The molecule has 3 aromatic rings. The van der Waals surface area contributed by atoms with E-state index in [0.29, 0.717) is 22.9 Å². The van der Waals surface area contributed by atoms with Crippen molar-refractivity contribution in [2.24, 2.45) is 0 Å². The van der Waals surface area contributed by atoms with Crippen LogP contribution in [0.25, 0.3) is 6.08 Å². The highest BCUT2D eigenvalue weighted by atomic mass is 35.5. The molecule has 150 valence electrons. The van der Waals surface area contributed by atoms with Crippen LogP contribution >= 0.6 is 11.6 Å². The summed E-state index contributed by atoms with van der Waals surface area (Å²) in [5.74, 6) is -0.854. The van der Waals surface area contributed by atoms with Crippen LogP contribution in [0.4, 0.5) is 10.1 Å². The van der Waals surface area contributed by atoms with Crippen LogP contribution < -0.4 is 10.1 Å². The number of ether oxygens (including phenoxy) is 1. The molecule has 0 saturated heterocycles. The molecule has 1 N–H and O–H groups in total. The molecule has 0 unspecified atom stereocenters. The third kappa shape index (κ3) is 5.47. The van der Waals surface area contributed by atoms with Crippen LogP contribution in [0.5, 0.6) is 5.75 Å². The van der Waals surface area contributed by atoms with Gasteiger partial charge in [0.1, 0.15) is 29.8 Å². The molecule has 6 heteroatoms. The highest BCUT2D eigenvalue weighted by Crippen LogP contribution is 2.27. The largest absolute Gasteiger partial charge is 0.488 e. The van der Waals surface area contributed by atoms with Crippen molar-refractivity contribution < 1.29 is 13.9 Å². The van der Waals surface area contributed by atoms with E-state index in [4.69, 9.17) is 16.3 Å². The predicted octanol–water partition coefficient (Wildman–Crippen LogP) is 5.91. The standard InChI is InChI=1S/C24H18ClFN2O2/c1-16-5-4-6-17(11-16)15-30-23-10-9-20(25)13-18(23)12-19(14-27)24(29)28-22-8-3-2-7-21(22)26/h2-13H,15H2,1H3,(H,28,29)/b19-12+. The van der Waals surface area contributed by atoms with Gasteiger partial charge in [-0.15, -0.1) is 0 Å². The summed E-state index contributed by atoms with van der Waals surface area (Å²) in [6.45, 7) is 2.31. The van der Waals surface area contributed by atoms with Gasteiger partial charge in [0.15, 0.2) is 0 Å². The minimum absolute atomic E-state index is 0.00864. The number of rotatable bonds is 6. The van der Waals surface area contributed by atoms with E-state index in [1.807, 2.05) is 37.3 Å². The molecule has 3 rings (SSSR count). The molecule has 0 aliphatic carbocycles. The van der Waals surface area contributed by atoms with E-state index in [1.54, 1.807) is 24.3 Å². The molecule has 4 nitrogen and oxygen atoms in total. The normalized spacial score (nSPS) is 10.9. The van der Waals surface area contributed by atoms with Gasteiger partial charge in [-0.3, -0.25) is 4.79 Å². The maximum Gasteiger partial charge on any atom is 0.266 e. The smallest absolute Gasteiger partial charge is 0.266 e. The van der Waals surface area contributed by atoms with Gasteiger partial charge < -0.3 is 10.1 Å². The van der Waals surface area contributed by atoms with Crippen molar-refractivity contribution in [3.05, 3.63) is 99.8 Å². The van der Waals surface area contributed by atoms with Gasteiger partial charge in [0, 0.05) is 10.6 Å². The van der Waals surface area contributed by atoms with Crippen molar-refractivity contribution in [1.29, 1.82) is 5.26 Å². The second kappa shape index (κ2) is 9.73. The zero-order valence-electron chi connectivity index (χ0n) is 16.2. The average Bonchev–Trinajstić information content (AvgIpc) is 2.73. The Bertz CT molecular complexity index is 1150. The first-order valence-electron chi connectivity index (χ1n) is 9.12. The second-order valence-electron chi connectivity index (χ2n) is 6.56. The summed E-state index contributed by atoms with van der Waals surface area (Å²) < 4.78 is 19.7. The first kappa shape index (κ1) is 21.1. The van der Waals surface area contributed by atoms with Crippen molar-refractivity contribution in [1.82, 2.24) is 0 Å². The average molecular weight is 421 g/mol. The third-order valence-electron chi connectivity index (χ3n) is 4.24. The lowest BCUT2D eigenvalue weighted by molar-refractivity contribution is -0.112. The number of hydrogen-bond acceptors (Lipinski definition) is 3. The van der Waals surface area contributed by atoms with Gasteiger partial charge in [0.25, 0.3) is 5.91 Å². The van der Waals surface area contributed by atoms with Gasteiger partial charge >= 0.3 is 0 Å². The minimum Gasteiger partial charge on any atom is -0.488 e. The first-order valence-corrected chi connectivity index (χ1v) is 9.49. The monoisotopic (exact) mass is 420 g/mol. The van der Waals surface area contributed by atoms with Gasteiger partial charge in [-0.25, -0.2) is 4.39 Å². The summed E-state index contributed by atoms with van der Waals surface area (Å²) in [6, 6.07) is 20.4. The van der Waals surface area contributed by atoms with Crippen molar-refractivity contribution >= 4 is 29.3 Å². The Morgan fingerprint density at radius 3 is 2.70 bits per heavy atom. The van der Waals surface area contributed by atoms with Gasteiger partial charge in [-0.2, -0.15) is 5.26 Å². The number of carbonyl (C=O) groups excluding carboxylic acids is 1. The lowest BCUT2D eigenvalue weighted by atomic mass is 10.1. The lowest BCUT2D eigenvalue weighted by Gasteiger charge is -2.11. The van der Waals surface area contributed by atoms with Crippen molar-refractivity contribution in [2.45, 2.75) is 13.5 Å². The molecule has 1 amide bonds. The first-order chi connectivity index (χ1) is 14.5. The van der Waals surface area contributed by atoms with E-state index < -0.39 is 11.7 Å². The summed E-state index contributed by atoms with van der Waals surface area (Å²) in [4.78, 5) is 12.5. The highest BCUT2D eigenvalue weighted by molar-refractivity contribution is 6.30. The number of benzene rings is 3. The Morgan fingerprint density at radius 2 is 1.97 bits per heavy atom. The van der Waals surface area contributed by atoms with E-state index in [-0.39, 0.29) is 11.3 Å². The summed E-state index contributed by atoms with van der Waals surface area (Å²) in [5.41, 5.74) is 2.35. The Labute approximate surface area is 179 Å². The van der Waals surface area contributed by atoms with Gasteiger partial charge in [-0.1, -0.05) is 53.6 Å². The molecule has 0 heterocycles. The molecule has 0 aliphatic heterocycles. The fourth-order valence-electron chi connectivity index (χ4n) is 2.78. The predicted molar refractivity (Wildman–Crippen MR) is 116 cm³/mol. The van der Waals surface area contributed by atoms with Gasteiger partial charge in [0.2, 0.25) is 0 Å². The fourth-order valence-corrected chi connectivity index (χ4v) is 2.96. The van der Waals surface area contributed by atoms with E-state index in [2.05, 4.69) is 5.32 Å². The van der Waals surface area contributed by atoms with Crippen LogP contribution in [0, 0.1) is 24.1 Å². The van der Waals surface area contributed by atoms with Crippen LogP contribution in [-0.2, 0) is 11.4 Å². The second-order valence-corrected chi connectivity index (χ2v) is 7.00. The SMILES string of the molecule is Cc1cccc(COc2ccc(Cl)cc2/C=C(\C#N)C(=O)Nc2ccccc2F)c1. The molecule has 0 bridgehead atoms. The topological polar surface area (TPSA) is 62.1 Å². The van der Waals surface area contributed by atoms with Crippen LogP contribution in [-0.4, -0.2) is 5.91 Å². The molecule has 0 spiro atoms. The molecule has 30 heavy (non-hydrogen) atoms. The lowest BCUT2D eigenvalue weighted by Crippen LogP contribution is -2.14. The van der Waals surface area contributed by atoms with Gasteiger partial charge in [-0.05, 0) is 48.9 Å². The van der Waals surface area contributed by atoms with Crippen LogP contribution in [0.1, 0.15) is 16.7 Å². The summed E-state index contributed by atoms with van der Waals surface area (Å²) in [6.07, 6.45) is 1.37. The number of para-hydroxylation sites is 1. The quantitative estimate of drug-likeness (QED) is 0.398. The summed E-state index contributed by atoms with van der Waals surface area (Å²) in [5, 5.41) is 12.3. The third-order valence-corrected chi connectivity index (χ3v) is 4.47. The number of nitrogens with one attached hydrogen (secondary N) is 1. The highest BCUT2D eigenvalue weighted by Gasteiger charge is 2.14. The van der Waals surface area contributed by atoms with E-state index in [9.17, 15) is 14.4 Å². The summed E-state index contributed by atoms with van der Waals surface area (Å²) in [7, 11) is 0. The van der Waals surface area contributed by atoms with Crippen LogP contribution in [0.2, 0.25) is 5.02 Å². The van der Waals surface area contributed by atoms with Crippen molar-refractivity contribution in [2.75, 3.05) is 5.32 Å². The number of nitrogens with zero attached hydrogens (tertiary/aromatic N) is 1. The minimum atomic E-state index is -0.729. The maximum atomic E-state index is 13.8. The maximum absolute atomic E-state index is 13.8. The van der Waals surface area contributed by atoms with E-state index in [0.717, 1.165) is 11.1 Å². The fraction of sp³-hybridized carbons (Fsp3) is 0.0833. The van der Waals surface area contributed by atoms with Crippen molar-refractivity contribution in [3.8, 4) is 11.8 Å². The Morgan fingerprint density at radius 1 is 1.17 bits per heavy atom. The molecule has 0 aliphatic rings. The molecule has 0 fully saturated rings. The van der Waals surface area contributed by atoms with E-state index >= 15 is 0 Å².